The highest BCUT2D eigenvalue weighted by Crippen LogP contribution is 2.15. The van der Waals surface area contributed by atoms with Crippen molar-refractivity contribution in [2.45, 2.75) is 41.5 Å². The second-order valence-electron chi connectivity index (χ2n) is 4.75. The highest BCUT2D eigenvalue weighted by molar-refractivity contribution is 5.12. The van der Waals surface area contributed by atoms with Crippen molar-refractivity contribution in [3.63, 3.8) is 0 Å². The van der Waals surface area contributed by atoms with E-state index in [4.69, 9.17) is 0 Å². The van der Waals surface area contributed by atoms with E-state index < -0.39 is 0 Å². The average Bonchev–Trinajstić information content (AvgIpc) is 1.57. The molecule has 0 spiro atoms. The smallest absolute Gasteiger partial charge is 0.0230 e. The van der Waals surface area contributed by atoms with Crippen LogP contribution in [0.1, 0.15) is 41.5 Å². The number of hydrogen-bond donors (Lipinski definition) is 0. The predicted molar refractivity (Wildman–Crippen MR) is 46.7 cm³/mol. The maximum atomic E-state index is 3.21. The minimum Gasteiger partial charge on any atom is -0.0968 e. The third-order valence-electron chi connectivity index (χ3n) is 0.812. The van der Waals surface area contributed by atoms with Gasteiger partial charge in [0.05, 0.1) is 0 Å². The summed E-state index contributed by atoms with van der Waals surface area (Å²) >= 11 is 0. The van der Waals surface area contributed by atoms with E-state index in [2.05, 4.69) is 53.4 Å². The third-order valence-corrected chi connectivity index (χ3v) is 0.812. The zero-order chi connectivity index (χ0) is 8.41. The predicted octanol–water partition coefficient (Wildman–Crippen LogP) is 3.08. The van der Waals surface area contributed by atoms with Crippen molar-refractivity contribution in [1.29, 1.82) is 0 Å². The molecular weight excluding hydrogens is 120 g/mol. The first-order chi connectivity index (χ1) is 4.21. The molecule has 0 aliphatic carbocycles. The van der Waals surface area contributed by atoms with Crippen LogP contribution in [0.25, 0.3) is 0 Å². The lowest BCUT2D eigenvalue weighted by atomic mass is 9.92. The first-order valence-electron chi connectivity index (χ1n) is 3.75. The fraction of sp³-hybridized carbons (Fsp3) is 0.800. The third kappa shape index (κ3) is 7.56. The van der Waals surface area contributed by atoms with Crippen molar-refractivity contribution >= 4 is 0 Å². The van der Waals surface area contributed by atoms with E-state index in [0.717, 1.165) is 0 Å². The average molecular weight is 138 g/mol. The molecule has 0 saturated carbocycles. The van der Waals surface area contributed by atoms with Crippen LogP contribution in [-0.2, 0) is 0 Å². The van der Waals surface area contributed by atoms with E-state index >= 15 is 0 Å². The Balaban J connectivity index is 4.19. The van der Waals surface area contributed by atoms with Crippen molar-refractivity contribution in [3.05, 3.63) is 0 Å². The maximum Gasteiger partial charge on any atom is 0.0230 e. The van der Waals surface area contributed by atoms with Crippen LogP contribution in [0.3, 0.4) is 0 Å². The Bertz CT molecular complexity index is 133. The van der Waals surface area contributed by atoms with Gasteiger partial charge in [-0.15, -0.1) is 0 Å². The summed E-state index contributed by atoms with van der Waals surface area (Å²) in [7, 11) is 0. The topological polar surface area (TPSA) is 0 Å². The molecule has 0 rings (SSSR count). The summed E-state index contributed by atoms with van der Waals surface area (Å²) < 4.78 is 0. The van der Waals surface area contributed by atoms with Gasteiger partial charge in [-0.25, -0.2) is 0 Å². The molecular formula is C10H18. The minimum atomic E-state index is 0.146. The summed E-state index contributed by atoms with van der Waals surface area (Å²) in [5, 5.41) is 0. The number of hydrogen-bond acceptors (Lipinski definition) is 0. The molecule has 0 saturated heterocycles. The lowest BCUT2D eigenvalue weighted by Crippen LogP contribution is -2.05. The standard InChI is InChI=1S/C10H18/c1-9(2,3)7-8-10(4,5)6/h1-6H3. The van der Waals surface area contributed by atoms with Gasteiger partial charge in [-0.05, 0) is 41.5 Å². The lowest BCUT2D eigenvalue weighted by molar-refractivity contribution is 0.543. The van der Waals surface area contributed by atoms with Gasteiger partial charge in [-0.2, -0.15) is 0 Å². The van der Waals surface area contributed by atoms with Crippen LogP contribution < -0.4 is 0 Å². The van der Waals surface area contributed by atoms with Crippen molar-refractivity contribution in [2.75, 3.05) is 0 Å². The van der Waals surface area contributed by atoms with Crippen molar-refractivity contribution in [1.82, 2.24) is 0 Å². The highest BCUT2D eigenvalue weighted by Gasteiger charge is 2.07. The zero-order valence-corrected chi connectivity index (χ0v) is 8.00. The molecule has 0 atom stereocenters. The summed E-state index contributed by atoms with van der Waals surface area (Å²) in [5.74, 6) is 6.42. The van der Waals surface area contributed by atoms with Crippen molar-refractivity contribution in [3.8, 4) is 11.8 Å². The molecule has 0 aromatic rings. The SMILES string of the molecule is CC(C)(C)C#CC(C)(C)C. The van der Waals surface area contributed by atoms with Crippen LogP contribution in [0.4, 0.5) is 0 Å². The van der Waals surface area contributed by atoms with Crippen molar-refractivity contribution < 1.29 is 0 Å². The summed E-state index contributed by atoms with van der Waals surface area (Å²) in [6.07, 6.45) is 0. The Labute approximate surface area is 65.0 Å². The largest absolute Gasteiger partial charge is 0.0968 e. The van der Waals surface area contributed by atoms with Gasteiger partial charge in [0, 0.05) is 10.8 Å². The Morgan fingerprint density at radius 3 is 0.900 bits per heavy atom. The van der Waals surface area contributed by atoms with E-state index in [1.54, 1.807) is 0 Å². The maximum absolute atomic E-state index is 3.21. The van der Waals surface area contributed by atoms with Gasteiger partial charge in [0.2, 0.25) is 0 Å². The Kier molecular flexibility index (Phi) is 2.54. The van der Waals surface area contributed by atoms with Gasteiger partial charge in [0.15, 0.2) is 0 Å². The summed E-state index contributed by atoms with van der Waals surface area (Å²) in [4.78, 5) is 0. The van der Waals surface area contributed by atoms with E-state index in [-0.39, 0.29) is 10.8 Å². The first kappa shape index (κ1) is 9.56. The summed E-state index contributed by atoms with van der Waals surface area (Å²) in [5.41, 5.74) is 0.292. The van der Waals surface area contributed by atoms with Gasteiger partial charge in [-0.3, -0.25) is 0 Å². The fourth-order valence-electron chi connectivity index (χ4n) is 0.375. The molecule has 0 bridgehead atoms. The Morgan fingerprint density at radius 2 is 0.800 bits per heavy atom. The molecule has 0 N–H and O–H groups in total. The van der Waals surface area contributed by atoms with Crippen LogP contribution in [-0.4, -0.2) is 0 Å². The normalized spacial score (nSPS) is 12.2. The van der Waals surface area contributed by atoms with Gasteiger partial charge >= 0.3 is 0 Å². The molecule has 0 aliphatic rings. The van der Waals surface area contributed by atoms with Crippen molar-refractivity contribution in [2.24, 2.45) is 10.8 Å². The van der Waals surface area contributed by atoms with E-state index in [0.29, 0.717) is 0 Å². The molecule has 0 heteroatoms. The van der Waals surface area contributed by atoms with Gasteiger partial charge in [0.25, 0.3) is 0 Å². The van der Waals surface area contributed by atoms with Crippen LogP contribution in [0.15, 0.2) is 0 Å². The lowest BCUT2D eigenvalue weighted by Gasteiger charge is -2.12. The molecule has 0 nitrogen and oxygen atoms in total. The van der Waals surface area contributed by atoms with Crippen LogP contribution in [0, 0.1) is 22.7 Å². The van der Waals surface area contributed by atoms with Gasteiger partial charge < -0.3 is 0 Å². The molecule has 0 aliphatic heterocycles. The van der Waals surface area contributed by atoms with Crippen LogP contribution in [0.5, 0.6) is 0 Å². The molecule has 10 heavy (non-hydrogen) atoms. The molecule has 0 amide bonds. The summed E-state index contributed by atoms with van der Waals surface area (Å²) in [6, 6.07) is 0. The van der Waals surface area contributed by atoms with E-state index in [1.165, 1.54) is 0 Å². The first-order valence-corrected chi connectivity index (χ1v) is 3.75. The molecule has 0 fully saturated rings. The Morgan fingerprint density at radius 1 is 0.600 bits per heavy atom. The van der Waals surface area contributed by atoms with E-state index in [1.807, 2.05) is 0 Å². The summed E-state index contributed by atoms with van der Waals surface area (Å²) in [6.45, 7) is 12.8. The van der Waals surface area contributed by atoms with Crippen LogP contribution >= 0.6 is 0 Å². The fourth-order valence-corrected chi connectivity index (χ4v) is 0.375. The molecule has 0 aromatic heterocycles. The van der Waals surface area contributed by atoms with E-state index in [9.17, 15) is 0 Å². The Hall–Kier alpha value is -0.440. The monoisotopic (exact) mass is 138 g/mol. The molecule has 0 radical (unpaired) electrons. The van der Waals surface area contributed by atoms with Gasteiger partial charge in [0.1, 0.15) is 0 Å². The van der Waals surface area contributed by atoms with Crippen LogP contribution in [0.2, 0.25) is 0 Å². The zero-order valence-electron chi connectivity index (χ0n) is 8.00. The minimum absolute atomic E-state index is 0.146. The second kappa shape index (κ2) is 2.66. The number of rotatable bonds is 0. The highest BCUT2D eigenvalue weighted by atomic mass is 14.1. The quantitative estimate of drug-likeness (QED) is 0.451. The molecule has 0 unspecified atom stereocenters. The molecule has 58 valence electrons. The molecule has 0 aromatic carbocycles. The van der Waals surface area contributed by atoms with Gasteiger partial charge in [-0.1, -0.05) is 11.8 Å². The second-order valence-corrected chi connectivity index (χ2v) is 4.75. The molecule has 0 heterocycles.